The fourth-order valence-corrected chi connectivity index (χ4v) is 4.23. The second-order valence-corrected chi connectivity index (χ2v) is 6.95. The fourth-order valence-electron chi connectivity index (χ4n) is 3.74. The zero-order valence-corrected chi connectivity index (χ0v) is 12.2. The molecule has 2 saturated carbocycles. The molecule has 2 rings (SSSR count). The fraction of sp³-hybridized carbons (Fsp3) is 1.00. The number of thioether (sulfide) groups is 1. The number of hydrogen-bond acceptors (Lipinski definition) is 2. The minimum Gasteiger partial charge on any atom is -0.314 e. The first kappa shape index (κ1) is 13.7. The maximum Gasteiger partial charge on any atom is 0.00699 e. The molecule has 0 aromatic heterocycles. The van der Waals surface area contributed by atoms with Gasteiger partial charge in [0, 0.05) is 6.04 Å². The van der Waals surface area contributed by atoms with Crippen LogP contribution in [0.1, 0.15) is 57.8 Å². The predicted molar refractivity (Wildman–Crippen MR) is 78.7 cm³/mol. The largest absolute Gasteiger partial charge is 0.314 e. The van der Waals surface area contributed by atoms with E-state index in [1.165, 1.54) is 70.1 Å². The van der Waals surface area contributed by atoms with Crippen LogP contribution < -0.4 is 5.32 Å². The third-order valence-electron chi connectivity index (χ3n) is 4.75. The molecule has 3 atom stereocenters. The molecule has 0 radical (unpaired) electrons. The van der Waals surface area contributed by atoms with Crippen molar-refractivity contribution in [3.8, 4) is 0 Å². The van der Waals surface area contributed by atoms with Gasteiger partial charge >= 0.3 is 0 Å². The highest BCUT2D eigenvalue weighted by Crippen LogP contribution is 2.40. The van der Waals surface area contributed by atoms with Crippen LogP contribution in [0.5, 0.6) is 0 Å². The maximum atomic E-state index is 3.80. The lowest BCUT2D eigenvalue weighted by molar-refractivity contribution is 0.144. The highest BCUT2D eigenvalue weighted by Gasteiger charge is 2.31. The topological polar surface area (TPSA) is 12.0 Å². The molecule has 0 aliphatic heterocycles. The second-order valence-electron chi connectivity index (χ2n) is 5.97. The second kappa shape index (κ2) is 7.68. The van der Waals surface area contributed by atoms with Crippen LogP contribution >= 0.6 is 11.8 Å². The van der Waals surface area contributed by atoms with E-state index in [1.54, 1.807) is 0 Å². The van der Waals surface area contributed by atoms with Gasteiger partial charge in [-0.2, -0.15) is 11.8 Å². The molecule has 2 fully saturated rings. The minimum absolute atomic E-state index is 0.851. The average Bonchev–Trinajstić information content (AvgIpc) is 2.38. The summed E-state index contributed by atoms with van der Waals surface area (Å²) in [6.45, 7) is 1.25. The van der Waals surface area contributed by atoms with Gasteiger partial charge in [0.15, 0.2) is 0 Å². The number of fused-ring (bicyclic) bond motifs is 1. The van der Waals surface area contributed by atoms with Crippen molar-refractivity contribution in [2.24, 2.45) is 11.8 Å². The molecule has 2 heteroatoms. The molecular formula is C15H29NS. The van der Waals surface area contributed by atoms with E-state index in [4.69, 9.17) is 0 Å². The number of unbranched alkanes of at least 4 members (excludes halogenated alkanes) is 1. The summed E-state index contributed by atoms with van der Waals surface area (Å²) in [6.07, 6.45) is 15.5. The Labute approximate surface area is 112 Å². The van der Waals surface area contributed by atoms with Crippen LogP contribution in [0.2, 0.25) is 0 Å². The van der Waals surface area contributed by atoms with E-state index in [9.17, 15) is 0 Å². The van der Waals surface area contributed by atoms with Gasteiger partial charge in [-0.1, -0.05) is 25.7 Å². The van der Waals surface area contributed by atoms with Crippen molar-refractivity contribution in [3.63, 3.8) is 0 Å². The third kappa shape index (κ3) is 4.48. The van der Waals surface area contributed by atoms with E-state index >= 15 is 0 Å². The van der Waals surface area contributed by atoms with Crippen LogP contribution in [0, 0.1) is 11.8 Å². The Morgan fingerprint density at radius 1 is 1.00 bits per heavy atom. The summed E-state index contributed by atoms with van der Waals surface area (Å²) in [7, 11) is 0. The van der Waals surface area contributed by atoms with Crippen molar-refractivity contribution in [1.82, 2.24) is 5.32 Å². The van der Waals surface area contributed by atoms with Crippen molar-refractivity contribution in [3.05, 3.63) is 0 Å². The van der Waals surface area contributed by atoms with E-state index in [-0.39, 0.29) is 0 Å². The van der Waals surface area contributed by atoms with Gasteiger partial charge < -0.3 is 5.32 Å². The normalized spacial score (nSPS) is 33.4. The van der Waals surface area contributed by atoms with Gasteiger partial charge in [-0.05, 0) is 62.5 Å². The Kier molecular flexibility index (Phi) is 6.21. The summed E-state index contributed by atoms with van der Waals surface area (Å²) >= 11 is 1.97. The molecule has 100 valence electrons. The first-order valence-corrected chi connectivity index (χ1v) is 9.02. The average molecular weight is 255 g/mol. The molecule has 0 aromatic carbocycles. The third-order valence-corrected chi connectivity index (χ3v) is 5.44. The highest BCUT2D eigenvalue weighted by molar-refractivity contribution is 7.98. The quantitative estimate of drug-likeness (QED) is 0.718. The summed E-state index contributed by atoms with van der Waals surface area (Å²) in [5.74, 6) is 3.50. The molecular weight excluding hydrogens is 226 g/mol. The molecule has 1 N–H and O–H groups in total. The number of hydrogen-bond donors (Lipinski definition) is 1. The van der Waals surface area contributed by atoms with Gasteiger partial charge in [-0.25, -0.2) is 0 Å². The number of rotatable bonds is 6. The molecule has 2 aliphatic carbocycles. The molecule has 0 spiro atoms. The lowest BCUT2D eigenvalue weighted by atomic mass is 9.69. The predicted octanol–water partition coefficient (Wildman–Crippen LogP) is 4.08. The Hall–Kier alpha value is 0.310. The monoisotopic (exact) mass is 255 g/mol. The molecule has 0 saturated heterocycles. The lowest BCUT2D eigenvalue weighted by Crippen LogP contribution is -2.39. The van der Waals surface area contributed by atoms with Crippen LogP contribution in [0.4, 0.5) is 0 Å². The molecule has 2 aliphatic rings. The standard InChI is InChI=1S/C15H29NS/c1-17-11-5-4-10-16-15-9-8-13-6-2-3-7-14(13)12-15/h13-16H,2-12H2,1H3. The summed E-state index contributed by atoms with van der Waals surface area (Å²) in [5, 5.41) is 3.80. The SMILES string of the molecule is CSCCCCNC1CCC2CCCCC2C1. The van der Waals surface area contributed by atoms with Gasteiger partial charge in [0.25, 0.3) is 0 Å². The Bertz CT molecular complexity index is 207. The van der Waals surface area contributed by atoms with Crippen LogP contribution in [-0.4, -0.2) is 24.6 Å². The van der Waals surface area contributed by atoms with E-state index < -0.39 is 0 Å². The smallest absolute Gasteiger partial charge is 0.00699 e. The van der Waals surface area contributed by atoms with Gasteiger partial charge in [0.05, 0.1) is 0 Å². The van der Waals surface area contributed by atoms with Crippen LogP contribution in [0.25, 0.3) is 0 Å². The van der Waals surface area contributed by atoms with Crippen molar-refractivity contribution in [2.45, 2.75) is 63.8 Å². The Balaban J connectivity index is 1.59. The van der Waals surface area contributed by atoms with E-state index in [2.05, 4.69) is 11.6 Å². The number of nitrogens with one attached hydrogen (secondary N) is 1. The van der Waals surface area contributed by atoms with Crippen molar-refractivity contribution < 1.29 is 0 Å². The lowest BCUT2D eigenvalue weighted by Gasteiger charge is -2.39. The minimum atomic E-state index is 0.851. The summed E-state index contributed by atoms with van der Waals surface area (Å²) in [5.41, 5.74) is 0. The molecule has 17 heavy (non-hydrogen) atoms. The first-order chi connectivity index (χ1) is 8.40. The van der Waals surface area contributed by atoms with E-state index in [0.29, 0.717) is 0 Å². The summed E-state index contributed by atoms with van der Waals surface area (Å²) in [4.78, 5) is 0. The molecule has 0 aromatic rings. The zero-order valence-electron chi connectivity index (χ0n) is 11.4. The summed E-state index contributed by atoms with van der Waals surface area (Å²) in [6, 6.07) is 0.851. The Morgan fingerprint density at radius 3 is 2.65 bits per heavy atom. The molecule has 1 nitrogen and oxygen atoms in total. The van der Waals surface area contributed by atoms with Gasteiger partial charge in [0.1, 0.15) is 0 Å². The highest BCUT2D eigenvalue weighted by atomic mass is 32.2. The van der Waals surface area contributed by atoms with Crippen LogP contribution in [-0.2, 0) is 0 Å². The Morgan fingerprint density at radius 2 is 1.82 bits per heavy atom. The molecule has 0 amide bonds. The maximum absolute atomic E-state index is 3.80. The van der Waals surface area contributed by atoms with Gasteiger partial charge in [-0.15, -0.1) is 0 Å². The van der Waals surface area contributed by atoms with Crippen molar-refractivity contribution in [2.75, 3.05) is 18.6 Å². The van der Waals surface area contributed by atoms with E-state index in [1.807, 2.05) is 11.8 Å². The summed E-state index contributed by atoms with van der Waals surface area (Å²) < 4.78 is 0. The van der Waals surface area contributed by atoms with Gasteiger partial charge in [0.2, 0.25) is 0 Å². The van der Waals surface area contributed by atoms with Crippen molar-refractivity contribution >= 4 is 11.8 Å². The van der Waals surface area contributed by atoms with Gasteiger partial charge in [-0.3, -0.25) is 0 Å². The van der Waals surface area contributed by atoms with Crippen LogP contribution in [0.3, 0.4) is 0 Å². The molecule has 3 unspecified atom stereocenters. The first-order valence-electron chi connectivity index (χ1n) is 7.62. The zero-order chi connectivity index (χ0) is 11.9. The molecule has 0 bridgehead atoms. The van der Waals surface area contributed by atoms with Crippen molar-refractivity contribution in [1.29, 1.82) is 0 Å². The molecule has 0 heterocycles. The van der Waals surface area contributed by atoms with Crippen LogP contribution in [0.15, 0.2) is 0 Å². The van der Waals surface area contributed by atoms with E-state index in [0.717, 1.165) is 17.9 Å².